The summed E-state index contributed by atoms with van der Waals surface area (Å²) in [6.07, 6.45) is 3.95. The van der Waals surface area contributed by atoms with Gasteiger partial charge in [0.1, 0.15) is 0 Å². The lowest BCUT2D eigenvalue weighted by Crippen LogP contribution is -1.94. The summed E-state index contributed by atoms with van der Waals surface area (Å²) in [5, 5.41) is 11.6. The minimum absolute atomic E-state index is 0.706. The molecule has 0 saturated carbocycles. The van der Waals surface area contributed by atoms with Gasteiger partial charge in [-0.05, 0) is 55.6 Å². The van der Waals surface area contributed by atoms with Crippen LogP contribution in [0.3, 0.4) is 0 Å². The van der Waals surface area contributed by atoms with E-state index in [1.165, 1.54) is 32.3 Å². The summed E-state index contributed by atoms with van der Waals surface area (Å²) in [5.74, 6) is 1.41. The topological polar surface area (TPSA) is 51.6 Å². The molecular weight excluding hydrogens is 585 g/mol. The molecule has 0 saturated heterocycles. The van der Waals surface area contributed by atoms with Gasteiger partial charge in [0, 0.05) is 45.1 Å². The molecule has 0 spiro atoms. The normalized spacial score (nSPS) is 11.8. The average molecular weight is 611 g/mol. The van der Waals surface area contributed by atoms with E-state index in [0.29, 0.717) is 11.6 Å². The predicted molar refractivity (Wildman–Crippen MR) is 199 cm³/mol. The molecule has 0 unspecified atom stereocenters. The van der Waals surface area contributed by atoms with Gasteiger partial charge in [0.05, 0.1) is 11.0 Å². The number of rotatable bonds is 3. The van der Waals surface area contributed by atoms with Crippen LogP contribution in [0.5, 0.6) is 0 Å². The molecule has 10 rings (SSSR count). The molecule has 0 amide bonds. The molecule has 0 aliphatic carbocycles. The van der Waals surface area contributed by atoms with Crippen molar-refractivity contribution in [3.63, 3.8) is 0 Å². The van der Waals surface area contributed by atoms with Gasteiger partial charge in [-0.3, -0.25) is 0 Å². The summed E-state index contributed by atoms with van der Waals surface area (Å²) >= 11 is 0. The lowest BCUT2D eigenvalue weighted by atomic mass is 9.97. The lowest BCUT2D eigenvalue weighted by molar-refractivity contribution is 1.23. The van der Waals surface area contributed by atoms with Crippen LogP contribution in [0.1, 0.15) is 0 Å². The highest BCUT2D eigenvalue weighted by Crippen LogP contribution is 2.37. The van der Waals surface area contributed by atoms with Gasteiger partial charge in [-0.15, -0.1) is 0 Å². The van der Waals surface area contributed by atoms with Gasteiger partial charge in [0.2, 0.25) is 0 Å². The van der Waals surface area contributed by atoms with E-state index >= 15 is 0 Å². The molecular formula is C44H26N4. The van der Waals surface area contributed by atoms with Crippen molar-refractivity contribution in [3.8, 4) is 33.9 Å². The summed E-state index contributed by atoms with van der Waals surface area (Å²) in [7, 11) is 0. The number of benzene rings is 8. The minimum Gasteiger partial charge on any atom is -0.236 e. The second kappa shape index (κ2) is 10.5. The monoisotopic (exact) mass is 610 g/mol. The molecule has 2 heterocycles. The fourth-order valence-corrected chi connectivity index (χ4v) is 7.28. The molecule has 48 heavy (non-hydrogen) atoms. The van der Waals surface area contributed by atoms with E-state index in [0.717, 1.165) is 54.8 Å². The van der Waals surface area contributed by atoms with Gasteiger partial charge in [-0.25, -0.2) is 19.9 Å². The SMILES string of the molecule is c1cc(-c2cccc(-c3ncc4c5ccccc5c5ccccc5c4n3)c2)cc(-c2ncc3c4ccccc4c4ccccc4c3n2)c1. The maximum Gasteiger partial charge on any atom is 0.159 e. The molecule has 0 fully saturated rings. The van der Waals surface area contributed by atoms with E-state index in [-0.39, 0.29) is 0 Å². The Balaban J connectivity index is 1.08. The van der Waals surface area contributed by atoms with E-state index < -0.39 is 0 Å². The summed E-state index contributed by atoms with van der Waals surface area (Å²) < 4.78 is 0. The zero-order chi connectivity index (χ0) is 31.6. The molecule has 0 N–H and O–H groups in total. The lowest BCUT2D eigenvalue weighted by Gasteiger charge is -2.12. The Kier molecular flexibility index (Phi) is 5.84. The Morgan fingerprint density at radius 3 is 0.979 bits per heavy atom. The van der Waals surface area contributed by atoms with Crippen molar-refractivity contribution in [3.05, 3.63) is 158 Å². The number of fused-ring (bicyclic) bond motifs is 12. The maximum absolute atomic E-state index is 5.17. The Labute approximate surface area is 276 Å². The van der Waals surface area contributed by atoms with Gasteiger partial charge >= 0.3 is 0 Å². The Hall–Kier alpha value is -6.52. The summed E-state index contributed by atoms with van der Waals surface area (Å²) in [5.41, 5.74) is 6.04. The molecule has 4 nitrogen and oxygen atoms in total. The fourth-order valence-electron chi connectivity index (χ4n) is 7.28. The van der Waals surface area contributed by atoms with Crippen molar-refractivity contribution < 1.29 is 0 Å². The summed E-state index contributed by atoms with van der Waals surface area (Å²) in [6.45, 7) is 0. The van der Waals surface area contributed by atoms with Crippen LogP contribution >= 0.6 is 0 Å². The first-order valence-electron chi connectivity index (χ1n) is 16.1. The highest BCUT2D eigenvalue weighted by molar-refractivity contribution is 6.25. The first kappa shape index (κ1) is 26.7. The number of aromatic nitrogens is 4. The minimum atomic E-state index is 0.706. The molecule has 0 radical (unpaired) electrons. The number of hydrogen-bond acceptors (Lipinski definition) is 4. The van der Waals surface area contributed by atoms with E-state index in [9.17, 15) is 0 Å². The van der Waals surface area contributed by atoms with Crippen LogP contribution in [0.4, 0.5) is 0 Å². The Morgan fingerprint density at radius 1 is 0.271 bits per heavy atom. The standard InChI is InChI=1S/C44H26N4/c1-3-19-35-31(15-1)33-17-5-7-21-37(33)41-39(35)25-45-43(47-41)29-13-9-11-27(23-29)28-12-10-14-30(24-28)44-46-26-40-36-20-4-2-16-32(36)34-18-6-8-22-38(34)42(40)48-44/h1-26H. The molecule has 0 aliphatic rings. The quantitative estimate of drug-likeness (QED) is 0.187. The third-order valence-electron chi connectivity index (χ3n) is 9.53. The maximum atomic E-state index is 5.17. The van der Waals surface area contributed by atoms with Crippen LogP contribution in [0.25, 0.3) is 98.8 Å². The molecule has 0 aliphatic heterocycles. The molecule has 2 aromatic heterocycles. The third-order valence-corrected chi connectivity index (χ3v) is 9.53. The number of nitrogens with zero attached hydrogens (tertiary/aromatic N) is 4. The van der Waals surface area contributed by atoms with Gasteiger partial charge in [0.15, 0.2) is 11.6 Å². The fraction of sp³-hybridized carbons (Fsp3) is 0. The average Bonchev–Trinajstić information content (AvgIpc) is 3.18. The van der Waals surface area contributed by atoms with E-state index in [2.05, 4.69) is 146 Å². The van der Waals surface area contributed by atoms with Crippen molar-refractivity contribution in [2.45, 2.75) is 0 Å². The zero-order valence-corrected chi connectivity index (χ0v) is 25.8. The largest absolute Gasteiger partial charge is 0.236 e. The predicted octanol–water partition coefficient (Wildman–Crippen LogP) is 11.2. The van der Waals surface area contributed by atoms with E-state index in [4.69, 9.17) is 19.9 Å². The zero-order valence-electron chi connectivity index (χ0n) is 25.8. The Morgan fingerprint density at radius 2 is 0.583 bits per heavy atom. The van der Waals surface area contributed by atoms with Gasteiger partial charge in [0.25, 0.3) is 0 Å². The van der Waals surface area contributed by atoms with E-state index in [1.54, 1.807) is 0 Å². The van der Waals surface area contributed by atoms with Crippen molar-refractivity contribution in [2.24, 2.45) is 0 Å². The van der Waals surface area contributed by atoms with Crippen LogP contribution < -0.4 is 0 Å². The summed E-state index contributed by atoms with van der Waals surface area (Å²) in [6, 6.07) is 50.9. The molecule has 4 heteroatoms. The third kappa shape index (κ3) is 4.10. The smallest absolute Gasteiger partial charge is 0.159 e. The van der Waals surface area contributed by atoms with Crippen molar-refractivity contribution in [1.29, 1.82) is 0 Å². The van der Waals surface area contributed by atoms with Crippen molar-refractivity contribution in [1.82, 2.24) is 19.9 Å². The van der Waals surface area contributed by atoms with Gasteiger partial charge in [-0.2, -0.15) is 0 Å². The Bertz CT molecular complexity index is 2640. The second-order valence-electron chi connectivity index (χ2n) is 12.3. The van der Waals surface area contributed by atoms with Crippen molar-refractivity contribution in [2.75, 3.05) is 0 Å². The van der Waals surface area contributed by atoms with Gasteiger partial charge in [-0.1, -0.05) is 133 Å². The van der Waals surface area contributed by atoms with Crippen LogP contribution in [-0.4, -0.2) is 19.9 Å². The van der Waals surface area contributed by atoms with Crippen LogP contribution in [0, 0.1) is 0 Å². The first-order valence-corrected chi connectivity index (χ1v) is 16.1. The molecule has 0 bridgehead atoms. The van der Waals surface area contributed by atoms with Crippen LogP contribution in [-0.2, 0) is 0 Å². The molecule has 0 atom stereocenters. The number of hydrogen-bond donors (Lipinski definition) is 0. The van der Waals surface area contributed by atoms with Gasteiger partial charge < -0.3 is 0 Å². The second-order valence-corrected chi connectivity index (χ2v) is 12.3. The van der Waals surface area contributed by atoms with Crippen LogP contribution in [0.2, 0.25) is 0 Å². The highest BCUT2D eigenvalue weighted by Gasteiger charge is 2.14. The molecule has 222 valence electrons. The van der Waals surface area contributed by atoms with E-state index in [1.807, 2.05) is 12.4 Å². The summed E-state index contributed by atoms with van der Waals surface area (Å²) in [4.78, 5) is 20.1. The first-order chi connectivity index (χ1) is 23.8. The van der Waals surface area contributed by atoms with Crippen molar-refractivity contribution >= 4 is 64.9 Å². The molecule has 8 aromatic carbocycles. The molecule has 10 aromatic rings. The highest BCUT2D eigenvalue weighted by atomic mass is 14.9. The van der Waals surface area contributed by atoms with Crippen LogP contribution in [0.15, 0.2) is 158 Å².